The predicted molar refractivity (Wildman–Crippen MR) is 74.4 cm³/mol. The number of ether oxygens (including phenoxy) is 1. The van der Waals surface area contributed by atoms with E-state index in [0.29, 0.717) is 19.3 Å². The Bertz CT molecular complexity index is 545. The largest absolute Gasteiger partial charge is 0.508 e. The van der Waals surface area contributed by atoms with E-state index in [4.69, 9.17) is 4.74 Å². The lowest BCUT2D eigenvalue weighted by molar-refractivity contribution is -0.152. The Morgan fingerprint density at radius 3 is 2.75 bits per heavy atom. The molecule has 1 aromatic carbocycles. The monoisotopic (exact) mass is 276 g/mol. The Morgan fingerprint density at radius 2 is 2.10 bits per heavy atom. The van der Waals surface area contributed by atoms with E-state index in [1.165, 1.54) is 7.11 Å². The van der Waals surface area contributed by atoms with Gasteiger partial charge in [0.05, 0.1) is 12.5 Å². The molecule has 1 aliphatic rings. The molecule has 1 aliphatic carbocycles. The molecule has 1 N–H and O–H groups in total. The van der Waals surface area contributed by atoms with Crippen molar-refractivity contribution >= 4 is 11.8 Å². The number of ketones is 1. The number of esters is 1. The summed E-state index contributed by atoms with van der Waals surface area (Å²) in [5, 5.41) is 9.46. The maximum Gasteiger partial charge on any atom is 0.311 e. The molecule has 0 heterocycles. The van der Waals surface area contributed by atoms with E-state index < -0.39 is 5.41 Å². The van der Waals surface area contributed by atoms with Gasteiger partial charge in [0, 0.05) is 12.3 Å². The van der Waals surface area contributed by atoms with Crippen LogP contribution in [0.15, 0.2) is 18.2 Å². The average Bonchev–Trinajstić information content (AvgIpc) is 2.38. The Kier molecular flexibility index (Phi) is 3.84. The van der Waals surface area contributed by atoms with Gasteiger partial charge in [0.15, 0.2) is 0 Å². The molecule has 0 fully saturated rings. The first-order valence-electron chi connectivity index (χ1n) is 6.75. The molecule has 0 amide bonds. The second kappa shape index (κ2) is 5.27. The molecule has 0 spiro atoms. The fourth-order valence-corrected chi connectivity index (χ4v) is 2.85. The van der Waals surface area contributed by atoms with Gasteiger partial charge in [-0.25, -0.2) is 0 Å². The van der Waals surface area contributed by atoms with Gasteiger partial charge in [0.1, 0.15) is 11.5 Å². The molecule has 4 nitrogen and oxygen atoms in total. The van der Waals surface area contributed by atoms with Gasteiger partial charge in [-0.2, -0.15) is 0 Å². The fraction of sp³-hybridized carbons (Fsp3) is 0.500. The third kappa shape index (κ3) is 2.84. The molecule has 20 heavy (non-hydrogen) atoms. The number of fused-ring (bicyclic) bond motifs is 1. The van der Waals surface area contributed by atoms with Crippen LogP contribution in [-0.2, 0) is 27.2 Å². The van der Waals surface area contributed by atoms with Crippen LogP contribution >= 0.6 is 0 Å². The third-order valence-electron chi connectivity index (χ3n) is 3.97. The van der Waals surface area contributed by atoms with Crippen molar-refractivity contribution < 1.29 is 19.4 Å². The first kappa shape index (κ1) is 14.6. The van der Waals surface area contributed by atoms with Crippen LogP contribution in [0.3, 0.4) is 0 Å². The second-order valence-corrected chi connectivity index (χ2v) is 6.08. The maximum absolute atomic E-state index is 12.2. The molecule has 4 heteroatoms. The molecule has 108 valence electrons. The number of methoxy groups -OCH3 is 1. The van der Waals surface area contributed by atoms with Gasteiger partial charge >= 0.3 is 5.97 Å². The lowest BCUT2D eigenvalue weighted by Gasteiger charge is -2.30. The zero-order valence-electron chi connectivity index (χ0n) is 12.1. The molecule has 0 saturated carbocycles. The van der Waals surface area contributed by atoms with Crippen LogP contribution < -0.4 is 0 Å². The highest BCUT2D eigenvalue weighted by molar-refractivity contribution is 5.86. The molecular formula is C16H20O4. The van der Waals surface area contributed by atoms with Crippen molar-refractivity contribution in [2.75, 3.05) is 7.11 Å². The molecule has 0 aliphatic heterocycles. The SMILES string of the molecule is COC(=O)C(C)(C)C[C@@H]1Cc2ccc(O)cc2CC1=O. The van der Waals surface area contributed by atoms with Gasteiger partial charge in [-0.15, -0.1) is 0 Å². The fourth-order valence-electron chi connectivity index (χ4n) is 2.85. The summed E-state index contributed by atoms with van der Waals surface area (Å²) in [6.07, 6.45) is 1.43. The van der Waals surface area contributed by atoms with Crippen LogP contribution in [0, 0.1) is 11.3 Å². The summed E-state index contributed by atoms with van der Waals surface area (Å²) in [4.78, 5) is 24.0. The van der Waals surface area contributed by atoms with Crippen LogP contribution in [0.1, 0.15) is 31.4 Å². The Hall–Kier alpha value is -1.84. The highest BCUT2D eigenvalue weighted by Crippen LogP contribution is 2.34. The molecule has 2 rings (SSSR count). The number of carbonyl (C=O) groups excluding carboxylic acids is 2. The van der Waals surface area contributed by atoms with Crippen molar-refractivity contribution in [1.29, 1.82) is 0 Å². The summed E-state index contributed by atoms with van der Waals surface area (Å²) in [5.74, 6) is -0.145. The third-order valence-corrected chi connectivity index (χ3v) is 3.97. The molecule has 0 saturated heterocycles. The topological polar surface area (TPSA) is 63.6 Å². The van der Waals surface area contributed by atoms with Crippen molar-refractivity contribution in [3.63, 3.8) is 0 Å². The standard InChI is InChI=1S/C16H20O4/c1-16(2,15(19)20-3)9-12-6-10-4-5-13(17)7-11(10)8-14(12)18/h4-5,7,12,17H,6,8-9H2,1-3H3/t12-/m0/s1. The Labute approximate surface area is 118 Å². The smallest absolute Gasteiger partial charge is 0.311 e. The van der Waals surface area contributed by atoms with Crippen LogP contribution in [0.2, 0.25) is 0 Å². The summed E-state index contributed by atoms with van der Waals surface area (Å²) in [6.45, 7) is 3.61. The van der Waals surface area contributed by atoms with Crippen LogP contribution in [0.25, 0.3) is 0 Å². The van der Waals surface area contributed by atoms with Crippen molar-refractivity contribution in [2.24, 2.45) is 11.3 Å². The minimum atomic E-state index is -0.663. The van der Waals surface area contributed by atoms with E-state index >= 15 is 0 Å². The first-order valence-corrected chi connectivity index (χ1v) is 6.75. The highest BCUT2D eigenvalue weighted by Gasteiger charge is 2.36. The number of hydrogen-bond acceptors (Lipinski definition) is 4. The van der Waals surface area contributed by atoms with Crippen molar-refractivity contribution in [1.82, 2.24) is 0 Å². The van der Waals surface area contributed by atoms with E-state index in [1.54, 1.807) is 26.0 Å². The average molecular weight is 276 g/mol. The zero-order chi connectivity index (χ0) is 14.9. The Balaban J connectivity index is 2.18. The lowest BCUT2D eigenvalue weighted by atomic mass is 9.74. The van der Waals surface area contributed by atoms with Gasteiger partial charge in [-0.3, -0.25) is 9.59 Å². The summed E-state index contributed by atoms with van der Waals surface area (Å²) < 4.78 is 4.79. The minimum Gasteiger partial charge on any atom is -0.508 e. The lowest BCUT2D eigenvalue weighted by Crippen LogP contribution is -2.34. The molecule has 1 atom stereocenters. The normalized spacial score (nSPS) is 18.6. The van der Waals surface area contributed by atoms with Gasteiger partial charge < -0.3 is 9.84 Å². The van der Waals surface area contributed by atoms with E-state index in [9.17, 15) is 14.7 Å². The first-order chi connectivity index (χ1) is 9.33. The zero-order valence-corrected chi connectivity index (χ0v) is 12.1. The van der Waals surface area contributed by atoms with Crippen molar-refractivity contribution in [3.8, 4) is 5.75 Å². The van der Waals surface area contributed by atoms with E-state index in [0.717, 1.165) is 11.1 Å². The van der Waals surface area contributed by atoms with Crippen molar-refractivity contribution in [3.05, 3.63) is 29.3 Å². The molecule has 1 aromatic rings. The van der Waals surface area contributed by atoms with Crippen LogP contribution in [-0.4, -0.2) is 24.0 Å². The van der Waals surface area contributed by atoms with Crippen LogP contribution in [0.5, 0.6) is 5.75 Å². The predicted octanol–water partition coefficient (Wildman–Crippen LogP) is 2.27. The number of benzene rings is 1. The molecule has 0 bridgehead atoms. The van der Waals surface area contributed by atoms with Crippen LogP contribution in [0.4, 0.5) is 0 Å². The second-order valence-electron chi connectivity index (χ2n) is 6.08. The summed E-state index contributed by atoms with van der Waals surface area (Å²) >= 11 is 0. The number of carbonyl (C=O) groups is 2. The van der Waals surface area contributed by atoms with Gasteiger partial charge in [0.2, 0.25) is 0 Å². The van der Waals surface area contributed by atoms with E-state index in [-0.39, 0.29) is 23.4 Å². The molecular weight excluding hydrogens is 256 g/mol. The molecule has 0 aromatic heterocycles. The molecule has 0 radical (unpaired) electrons. The summed E-state index contributed by atoms with van der Waals surface area (Å²) in [6, 6.07) is 5.14. The van der Waals surface area contributed by atoms with E-state index in [1.807, 2.05) is 6.07 Å². The maximum atomic E-state index is 12.2. The number of phenols is 1. The highest BCUT2D eigenvalue weighted by atomic mass is 16.5. The summed E-state index contributed by atoms with van der Waals surface area (Å²) in [7, 11) is 1.37. The molecule has 0 unspecified atom stereocenters. The van der Waals surface area contributed by atoms with Crippen molar-refractivity contribution in [2.45, 2.75) is 33.1 Å². The summed E-state index contributed by atoms with van der Waals surface area (Å²) in [5.41, 5.74) is 1.30. The number of rotatable bonds is 3. The van der Waals surface area contributed by atoms with E-state index in [2.05, 4.69) is 0 Å². The minimum absolute atomic E-state index is 0.125. The van der Waals surface area contributed by atoms with Gasteiger partial charge in [-0.1, -0.05) is 6.07 Å². The Morgan fingerprint density at radius 1 is 1.40 bits per heavy atom. The van der Waals surface area contributed by atoms with Gasteiger partial charge in [-0.05, 0) is 49.9 Å². The number of phenolic OH excluding ortho intramolecular Hbond substituents is 1. The number of hydrogen-bond donors (Lipinski definition) is 1. The quantitative estimate of drug-likeness (QED) is 0.860. The number of Topliss-reactive ketones (excluding diaryl/α,β-unsaturated/α-hetero) is 1. The number of aromatic hydroxyl groups is 1. The van der Waals surface area contributed by atoms with Gasteiger partial charge in [0.25, 0.3) is 0 Å².